The fourth-order valence-corrected chi connectivity index (χ4v) is 0.929. The van der Waals surface area contributed by atoms with Crippen LogP contribution in [0.3, 0.4) is 0 Å². The minimum Gasteiger partial charge on any atom is -0.404 e. The third kappa shape index (κ3) is 1.01. The fourth-order valence-electron chi connectivity index (χ4n) is 0.568. The molecule has 0 saturated carbocycles. The number of cyclic esters (lactones) is 1. The van der Waals surface area contributed by atoms with Gasteiger partial charge in [0.2, 0.25) is 0 Å². The predicted octanol–water partition coefficient (Wildman–Crippen LogP) is 0.0776. The van der Waals surface area contributed by atoms with Gasteiger partial charge in [-0.3, -0.25) is 4.79 Å². The molecular weight excluding hydrogens is 128 g/mol. The van der Waals surface area contributed by atoms with E-state index >= 15 is 0 Å². The first-order valence-corrected chi connectivity index (χ1v) is 3.11. The van der Waals surface area contributed by atoms with Crippen LogP contribution >= 0.6 is 0 Å². The summed E-state index contributed by atoms with van der Waals surface area (Å²) in [5, 5.41) is 0. The van der Waals surface area contributed by atoms with Crippen molar-refractivity contribution < 1.29 is 13.7 Å². The highest BCUT2D eigenvalue weighted by Gasteiger charge is 2.33. The van der Waals surface area contributed by atoms with E-state index in [4.69, 9.17) is 0 Å². The van der Waals surface area contributed by atoms with Gasteiger partial charge in [-0.15, -0.1) is 0 Å². The molecule has 0 aromatic carbocycles. The van der Waals surface area contributed by atoms with Gasteiger partial charge in [0, 0.05) is 4.21 Å². The Balaban J connectivity index is 2.43. The number of hydrogen-bond donors (Lipinski definition) is 0. The first kappa shape index (κ1) is 5.62. The SMILES string of the molecule is O=[S+]C1CCC(=O)O1. The largest absolute Gasteiger partial charge is 0.507 e. The fraction of sp³-hybridized carbons (Fsp3) is 0.750. The van der Waals surface area contributed by atoms with E-state index in [1.54, 1.807) is 0 Å². The molecule has 3 nitrogen and oxygen atoms in total. The maximum Gasteiger partial charge on any atom is 0.507 e. The molecule has 0 aliphatic carbocycles. The van der Waals surface area contributed by atoms with Crippen LogP contribution in [0.1, 0.15) is 12.8 Å². The van der Waals surface area contributed by atoms with Crippen LogP contribution in [-0.2, 0) is 25.4 Å². The van der Waals surface area contributed by atoms with Gasteiger partial charge < -0.3 is 4.74 Å². The molecular formula is C4H5O3S+. The van der Waals surface area contributed by atoms with Crippen LogP contribution in [0.4, 0.5) is 0 Å². The van der Waals surface area contributed by atoms with Crippen molar-refractivity contribution in [3.63, 3.8) is 0 Å². The van der Waals surface area contributed by atoms with Crippen molar-refractivity contribution in [3.05, 3.63) is 0 Å². The Kier molecular flexibility index (Phi) is 1.53. The second-order valence-electron chi connectivity index (χ2n) is 1.55. The zero-order valence-electron chi connectivity index (χ0n) is 4.12. The summed E-state index contributed by atoms with van der Waals surface area (Å²) in [5.41, 5.74) is -0.414. The molecule has 0 radical (unpaired) electrons. The molecule has 0 spiro atoms. The monoisotopic (exact) mass is 133 g/mol. The van der Waals surface area contributed by atoms with Crippen LogP contribution < -0.4 is 0 Å². The standard InChI is InChI=1S/C4H5O3S/c5-3-1-2-4(7-3)8-6/h4H,1-2H2/q+1. The van der Waals surface area contributed by atoms with Gasteiger partial charge in [0.15, 0.2) is 0 Å². The van der Waals surface area contributed by atoms with Crippen molar-refractivity contribution in [1.82, 2.24) is 0 Å². The Labute approximate surface area is 50.5 Å². The third-order valence-electron chi connectivity index (χ3n) is 0.954. The van der Waals surface area contributed by atoms with Crippen LogP contribution in [0.25, 0.3) is 0 Å². The Morgan fingerprint density at radius 1 is 1.75 bits per heavy atom. The number of carbonyl (C=O) groups excluding carboxylic acids is 1. The van der Waals surface area contributed by atoms with Crippen LogP contribution in [0.15, 0.2) is 0 Å². The predicted molar refractivity (Wildman–Crippen MR) is 27.2 cm³/mol. The van der Waals surface area contributed by atoms with E-state index in [0.717, 1.165) is 0 Å². The van der Waals surface area contributed by atoms with E-state index in [1.165, 1.54) is 0 Å². The number of carbonyl (C=O) groups is 1. The third-order valence-corrected chi connectivity index (χ3v) is 1.50. The van der Waals surface area contributed by atoms with Gasteiger partial charge in [0.05, 0.1) is 12.8 Å². The summed E-state index contributed by atoms with van der Waals surface area (Å²) < 4.78 is 14.4. The molecule has 1 unspecified atom stereocenters. The van der Waals surface area contributed by atoms with Crippen molar-refractivity contribution in [3.8, 4) is 0 Å². The molecule has 0 N–H and O–H groups in total. The smallest absolute Gasteiger partial charge is 0.404 e. The van der Waals surface area contributed by atoms with Crippen molar-refractivity contribution in [2.24, 2.45) is 0 Å². The lowest BCUT2D eigenvalue weighted by Crippen LogP contribution is -2.02. The Morgan fingerprint density at radius 3 is 2.75 bits per heavy atom. The van der Waals surface area contributed by atoms with Crippen molar-refractivity contribution in [2.75, 3.05) is 0 Å². The minimum atomic E-state index is -0.414. The van der Waals surface area contributed by atoms with Crippen molar-refractivity contribution >= 4 is 17.6 Å². The molecule has 0 aromatic rings. The first-order chi connectivity index (χ1) is 3.83. The summed E-state index contributed by atoms with van der Waals surface area (Å²) >= 11 is 0.343. The summed E-state index contributed by atoms with van der Waals surface area (Å²) in [7, 11) is 0. The van der Waals surface area contributed by atoms with E-state index in [2.05, 4.69) is 4.74 Å². The highest BCUT2D eigenvalue weighted by atomic mass is 32.1. The van der Waals surface area contributed by atoms with E-state index in [0.29, 0.717) is 24.5 Å². The molecule has 1 rings (SSSR count). The molecule has 1 heterocycles. The van der Waals surface area contributed by atoms with Crippen molar-refractivity contribution in [1.29, 1.82) is 0 Å². The molecule has 1 atom stereocenters. The summed E-state index contributed by atoms with van der Waals surface area (Å²) in [6.07, 6.45) is 0.979. The maximum absolute atomic E-state index is 10.2. The number of esters is 1. The van der Waals surface area contributed by atoms with E-state index in [-0.39, 0.29) is 5.97 Å². The minimum absolute atomic E-state index is 0.252. The highest BCUT2D eigenvalue weighted by molar-refractivity contribution is 7.66. The van der Waals surface area contributed by atoms with E-state index in [9.17, 15) is 9.00 Å². The highest BCUT2D eigenvalue weighted by Crippen LogP contribution is 2.11. The van der Waals surface area contributed by atoms with Crippen LogP contribution in [-0.4, -0.2) is 11.4 Å². The summed E-state index contributed by atoms with van der Waals surface area (Å²) in [6.45, 7) is 0. The zero-order chi connectivity index (χ0) is 5.98. The molecule has 8 heavy (non-hydrogen) atoms. The van der Waals surface area contributed by atoms with E-state index in [1.807, 2.05) is 0 Å². The lowest BCUT2D eigenvalue weighted by molar-refractivity contribution is -0.138. The quantitative estimate of drug-likeness (QED) is 0.375. The van der Waals surface area contributed by atoms with Crippen molar-refractivity contribution in [2.45, 2.75) is 18.3 Å². The first-order valence-electron chi connectivity index (χ1n) is 2.31. The number of hydrogen-bond acceptors (Lipinski definition) is 3. The molecule has 4 heteroatoms. The molecule has 0 amide bonds. The lowest BCUT2D eigenvalue weighted by Gasteiger charge is -1.82. The molecule has 1 fully saturated rings. The topological polar surface area (TPSA) is 43.4 Å². The van der Waals surface area contributed by atoms with Gasteiger partial charge in [-0.1, -0.05) is 0 Å². The van der Waals surface area contributed by atoms with Gasteiger partial charge in [-0.05, 0) is 0 Å². The van der Waals surface area contributed by atoms with Gasteiger partial charge in [-0.2, -0.15) is 0 Å². The number of ether oxygens (including phenoxy) is 1. The second kappa shape index (κ2) is 2.17. The summed E-state index contributed by atoms with van der Waals surface area (Å²) in [6, 6.07) is 0. The Morgan fingerprint density at radius 2 is 2.50 bits per heavy atom. The van der Waals surface area contributed by atoms with Crippen LogP contribution in [0.2, 0.25) is 0 Å². The lowest BCUT2D eigenvalue weighted by atomic mass is 10.4. The van der Waals surface area contributed by atoms with Crippen LogP contribution in [0, 0.1) is 0 Å². The average molecular weight is 133 g/mol. The zero-order valence-corrected chi connectivity index (χ0v) is 4.94. The molecule has 44 valence electrons. The van der Waals surface area contributed by atoms with Gasteiger partial charge in [0.1, 0.15) is 0 Å². The summed E-state index contributed by atoms with van der Waals surface area (Å²) in [5.74, 6) is -0.252. The van der Waals surface area contributed by atoms with Gasteiger partial charge in [0.25, 0.3) is 0 Å². The summed E-state index contributed by atoms with van der Waals surface area (Å²) in [4.78, 5) is 10.2. The van der Waals surface area contributed by atoms with E-state index < -0.39 is 5.44 Å². The maximum atomic E-state index is 10.2. The Bertz CT molecular complexity index is 122. The average Bonchev–Trinajstić information content (AvgIpc) is 2.14. The van der Waals surface area contributed by atoms with Crippen LogP contribution in [0.5, 0.6) is 0 Å². The normalized spacial score (nSPS) is 27.5. The molecule has 0 aromatic heterocycles. The molecule has 0 bridgehead atoms. The molecule has 1 saturated heterocycles. The van der Waals surface area contributed by atoms with Gasteiger partial charge >= 0.3 is 23.1 Å². The molecule has 1 aliphatic heterocycles. The van der Waals surface area contributed by atoms with Gasteiger partial charge in [-0.25, -0.2) is 0 Å². The number of rotatable bonds is 1. The second-order valence-corrected chi connectivity index (χ2v) is 2.27. The Hall–Kier alpha value is -0.510. The molecule has 1 aliphatic rings.